The highest BCUT2D eigenvalue weighted by Gasteiger charge is 1.95. The van der Waals surface area contributed by atoms with E-state index in [4.69, 9.17) is 4.74 Å². The summed E-state index contributed by atoms with van der Waals surface area (Å²) < 4.78 is 4.87. The Bertz CT molecular complexity index is 154. The number of hydrogen-bond donors (Lipinski definition) is 0. The van der Waals surface area contributed by atoms with E-state index >= 15 is 0 Å². The molecule has 0 amide bonds. The molecule has 0 saturated carbocycles. The molecule has 0 saturated heterocycles. The van der Waals surface area contributed by atoms with Crippen molar-refractivity contribution in [2.24, 2.45) is 5.92 Å². The van der Waals surface area contributed by atoms with Crippen LogP contribution in [0.2, 0.25) is 0 Å². The third-order valence-electron chi connectivity index (χ3n) is 1.40. The van der Waals surface area contributed by atoms with Gasteiger partial charge in [0.15, 0.2) is 0 Å². The molecule has 0 radical (unpaired) electrons. The first kappa shape index (κ1) is 7.29. The summed E-state index contributed by atoms with van der Waals surface area (Å²) in [6, 6.07) is 0. The molecule has 1 rings (SSSR count). The van der Waals surface area contributed by atoms with Crippen LogP contribution in [0.4, 0.5) is 0 Å². The first-order valence-corrected chi connectivity index (χ1v) is 3.44. The van der Waals surface area contributed by atoms with Gasteiger partial charge in [-0.15, -0.1) is 0 Å². The summed E-state index contributed by atoms with van der Waals surface area (Å²) >= 11 is 0. The Morgan fingerprint density at radius 3 is 2.70 bits per heavy atom. The van der Waals surface area contributed by atoms with Gasteiger partial charge in [-0.1, -0.05) is 36.5 Å². The smallest absolute Gasteiger partial charge is 0.0643 e. The maximum absolute atomic E-state index is 4.87. The zero-order valence-electron chi connectivity index (χ0n) is 6.16. The second-order valence-corrected chi connectivity index (χ2v) is 2.23. The molecule has 1 nitrogen and oxygen atoms in total. The third-order valence-corrected chi connectivity index (χ3v) is 1.40. The second-order valence-electron chi connectivity index (χ2n) is 2.23. The average molecular weight is 136 g/mol. The lowest BCUT2D eigenvalue weighted by Crippen LogP contribution is -1.85. The van der Waals surface area contributed by atoms with Gasteiger partial charge in [-0.25, -0.2) is 0 Å². The van der Waals surface area contributed by atoms with E-state index in [0.29, 0.717) is 12.5 Å². The molecular formula is C9H12O. The largest absolute Gasteiger partial charge is 0.381 e. The van der Waals surface area contributed by atoms with Gasteiger partial charge in [-0.05, 0) is 0 Å². The molecule has 0 spiro atoms. The molecule has 1 aliphatic rings. The topological polar surface area (TPSA) is 9.23 Å². The van der Waals surface area contributed by atoms with Gasteiger partial charge in [-0.3, -0.25) is 0 Å². The van der Waals surface area contributed by atoms with Crippen molar-refractivity contribution in [1.29, 1.82) is 0 Å². The van der Waals surface area contributed by atoms with Crippen LogP contribution in [-0.2, 0) is 4.74 Å². The number of methoxy groups -OCH3 is 1. The van der Waals surface area contributed by atoms with Crippen molar-refractivity contribution >= 4 is 0 Å². The van der Waals surface area contributed by atoms with Crippen molar-refractivity contribution in [2.45, 2.75) is 0 Å². The van der Waals surface area contributed by atoms with Crippen molar-refractivity contribution in [3.8, 4) is 0 Å². The van der Waals surface area contributed by atoms with Gasteiger partial charge in [0.05, 0.1) is 6.61 Å². The van der Waals surface area contributed by atoms with Gasteiger partial charge in [-0.2, -0.15) is 0 Å². The molecule has 0 N–H and O–H groups in total. The first-order valence-electron chi connectivity index (χ1n) is 3.44. The maximum Gasteiger partial charge on any atom is 0.0643 e. The number of hydrogen-bond acceptors (Lipinski definition) is 1. The van der Waals surface area contributed by atoms with E-state index in [-0.39, 0.29) is 0 Å². The molecule has 1 aliphatic carbocycles. The van der Waals surface area contributed by atoms with Gasteiger partial charge in [0.25, 0.3) is 0 Å². The summed E-state index contributed by atoms with van der Waals surface area (Å²) in [5.74, 6) is 0.496. The van der Waals surface area contributed by atoms with Crippen molar-refractivity contribution in [3.05, 3.63) is 36.5 Å². The van der Waals surface area contributed by atoms with Crippen LogP contribution in [0.25, 0.3) is 0 Å². The minimum Gasteiger partial charge on any atom is -0.381 e. The molecule has 54 valence electrons. The fraction of sp³-hybridized carbons (Fsp3) is 0.333. The number of ether oxygens (including phenoxy) is 1. The third kappa shape index (κ3) is 2.19. The Hall–Kier alpha value is -0.820. The van der Waals surface area contributed by atoms with E-state index in [1.165, 1.54) is 0 Å². The molecule has 10 heavy (non-hydrogen) atoms. The van der Waals surface area contributed by atoms with Crippen molar-refractivity contribution in [2.75, 3.05) is 13.7 Å². The monoisotopic (exact) mass is 136 g/mol. The fourth-order valence-corrected chi connectivity index (χ4v) is 0.886. The summed E-state index contributed by atoms with van der Waals surface area (Å²) in [4.78, 5) is 0. The highest BCUT2D eigenvalue weighted by Crippen LogP contribution is 2.09. The van der Waals surface area contributed by atoms with E-state index in [9.17, 15) is 0 Å². The SMILES string of the molecule is COC/C=C/C1C=CC=C1. The molecule has 0 fully saturated rings. The van der Waals surface area contributed by atoms with Crippen molar-refractivity contribution in [3.63, 3.8) is 0 Å². The van der Waals surface area contributed by atoms with E-state index in [1.54, 1.807) is 7.11 Å². The lowest BCUT2D eigenvalue weighted by molar-refractivity contribution is 0.233. The van der Waals surface area contributed by atoms with E-state index in [0.717, 1.165) is 0 Å². The Morgan fingerprint density at radius 1 is 1.40 bits per heavy atom. The lowest BCUT2D eigenvalue weighted by Gasteiger charge is -1.93. The predicted molar refractivity (Wildman–Crippen MR) is 42.8 cm³/mol. The average Bonchev–Trinajstić information content (AvgIpc) is 2.41. The molecule has 0 heterocycles. The van der Waals surface area contributed by atoms with Crippen molar-refractivity contribution in [1.82, 2.24) is 0 Å². The maximum atomic E-state index is 4.87. The van der Waals surface area contributed by atoms with Crippen LogP contribution in [0, 0.1) is 5.92 Å². The van der Waals surface area contributed by atoms with Gasteiger partial charge < -0.3 is 4.74 Å². The fourth-order valence-electron chi connectivity index (χ4n) is 0.886. The minimum atomic E-state index is 0.496. The normalized spacial score (nSPS) is 17.7. The predicted octanol–water partition coefficient (Wildman–Crippen LogP) is 1.93. The number of allylic oxidation sites excluding steroid dienone is 5. The molecule has 0 aromatic heterocycles. The van der Waals surface area contributed by atoms with Crippen LogP contribution < -0.4 is 0 Å². The van der Waals surface area contributed by atoms with Gasteiger partial charge in [0.1, 0.15) is 0 Å². The standard InChI is InChI=1S/C9H12O/c1-10-8-4-7-9-5-2-3-6-9/h2-7,9H,8H2,1H3/b7-4+. The molecule has 0 bridgehead atoms. The van der Waals surface area contributed by atoms with Gasteiger partial charge >= 0.3 is 0 Å². The number of rotatable bonds is 3. The Balaban J connectivity index is 2.24. The lowest BCUT2D eigenvalue weighted by atomic mass is 10.1. The zero-order chi connectivity index (χ0) is 7.23. The van der Waals surface area contributed by atoms with Crippen LogP contribution in [0.3, 0.4) is 0 Å². The molecule has 0 atom stereocenters. The van der Waals surface area contributed by atoms with Crippen molar-refractivity contribution < 1.29 is 4.74 Å². The molecule has 0 aromatic rings. The second kappa shape index (κ2) is 4.07. The Kier molecular flexibility index (Phi) is 2.97. The summed E-state index contributed by atoms with van der Waals surface area (Å²) in [6.45, 7) is 0.707. The van der Waals surface area contributed by atoms with Crippen LogP contribution in [0.15, 0.2) is 36.5 Å². The molecule has 0 aliphatic heterocycles. The summed E-state index contributed by atoms with van der Waals surface area (Å²) in [6.07, 6.45) is 12.6. The molecule has 1 heteroatoms. The molecule has 0 unspecified atom stereocenters. The van der Waals surface area contributed by atoms with Crippen LogP contribution >= 0.6 is 0 Å². The highest BCUT2D eigenvalue weighted by molar-refractivity contribution is 5.22. The van der Waals surface area contributed by atoms with Crippen LogP contribution in [-0.4, -0.2) is 13.7 Å². The summed E-state index contributed by atoms with van der Waals surface area (Å²) in [7, 11) is 1.70. The van der Waals surface area contributed by atoms with Crippen LogP contribution in [0.5, 0.6) is 0 Å². The summed E-state index contributed by atoms with van der Waals surface area (Å²) in [5.41, 5.74) is 0. The van der Waals surface area contributed by atoms with E-state index in [2.05, 4.69) is 30.4 Å². The van der Waals surface area contributed by atoms with Gasteiger partial charge in [0, 0.05) is 13.0 Å². The quantitative estimate of drug-likeness (QED) is 0.539. The van der Waals surface area contributed by atoms with E-state index in [1.807, 2.05) is 6.08 Å². The minimum absolute atomic E-state index is 0.496. The van der Waals surface area contributed by atoms with Gasteiger partial charge in [0.2, 0.25) is 0 Å². The zero-order valence-corrected chi connectivity index (χ0v) is 6.16. The van der Waals surface area contributed by atoms with Crippen LogP contribution in [0.1, 0.15) is 0 Å². The van der Waals surface area contributed by atoms with E-state index < -0.39 is 0 Å². The highest BCUT2D eigenvalue weighted by atomic mass is 16.5. The Labute approximate surface area is 61.7 Å². The first-order chi connectivity index (χ1) is 4.93. The Morgan fingerprint density at radius 2 is 2.10 bits per heavy atom. The molecular weight excluding hydrogens is 124 g/mol. The summed E-state index contributed by atoms with van der Waals surface area (Å²) in [5, 5.41) is 0. The molecule has 0 aromatic carbocycles.